The Morgan fingerprint density at radius 3 is 2.34 bits per heavy atom. The number of rotatable bonds is 6. The summed E-state index contributed by atoms with van der Waals surface area (Å²) >= 11 is 8.30. The van der Waals surface area contributed by atoms with Crippen LogP contribution in [-0.2, 0) is 20.9 Å². The second-order valence-corrected chi connectivity index (χ2v) is 12.8. The maximum atomic E-state index is 14.0. The second kappa shape index (κ2) is 11.2. The van der Waals surface area contributed by atoms with Crippen LogP contribution in [0.3, 0.4) is 0 Å². The molecule has 0 unspecified atom stereocenters. The van der Waals surface area contributed by atoms with Gasteiger partial charge in [-0.05, 0) is 61.2 Å². The number of likely N-dealkylation sites (tertiary alicyclic amines) is 1. The van der Waals surface area contributed by atoms with E-state index in [1.54, 1.807) is 41.3 Å². The average molecular weight is 614 g/mol. The highest BCUT2D eigenvalue weighted by molar-refractivity contribution is 8.00. The van der Waals surface area contributed by atoms with Gasteiger partial charge in [0.2, 0.25) is 17.7 Å². The van der Waals surface area contributed by atoms with Gasteiger partial charge in [-0.15, -0.1) is 0 Å². The number of carbonyl (C=O) groups excluding carboxylic acids is 3. The molecule has 6 rings (SSSR count). The van der Waals surface area contributed by atoms with E-state index in [9.17, 15) is 19.2 Å². The third kappa shape index (κ3) is 4.83. The van der Waals surface area contributed by atoms with E-state index < -0.39 is 17.1 Å². The molecular weight excluding hydrogens is 586 g/mol. The molecular formula is C29H28ClN3O6S2. The Hall–Kier alpha value is -3.28. The van der Waals surface area contributed by atoms with E-state index in [-0.39, 0.29) is 29.1 Å². The summed E-state index contributed by atoms with van der Waals surface area (Å²) in [5.74, 6) is -1.21. The molecule has 0 N–H and O–H groups in total. The van der Waals surface area contributed by atoms with Gasteiger partial charge in [0.15, 0.2) is 11.5 Å². The summed E-state index contributed by atoms with van der Waals surface area (Å²) in [4.78, 5) is 57.9. The number of methoxy groups -OCH3 is 2. The molecule has 3 amide bonds. The predicted molar refractivity (Wildman–Crippen MR) is 157 cm³/mol. The fraction of sp³-hybridized carbons (Fsp3) is 0.379. The number of imide groups is 1. The topological polar surface area (TPSA) is 98.1 Å². The Labute approximate surface area is 250 Å². The number of nitrogens with zero attached hydrogens (tertiary/aromatic N) is 3. The number of thiazole rings is 1. The van der Waals surface area contributed by atoms with Crippen LogP contribution in [0.5, 0.6) is 11.5 Å². The number of benzene rings is 2. The number of hydrogen-bond acceptors (Lipinski definition) is 8. The minimum Gasteiger partial charge on any atom is -0.493 e. The number of anilines is 1. The first kappa shape index (κ1) is 27.9. The van der Waals surface area contributed by atoms with E-state index in [2.05, 4.69) is 0 Å². The zero-order valence-electron chi connectivity index (χ0n) is 22.5. The van der Waals surface area contributed by atoms with Crippen molar-refractivity contribution in [2.24, 2.45) is 5.92 Å². The largest absolute Gasteiger partial charge is 0.493 e. The molecule has 1 aromatic heterocycles. The van der Waals surface area contributed by atoms with Crippen LogP contribution in [-0.4, -0.2) is 59.7 Å². The van der Waals surface area contributed by atoms with Gasteiger partial charge in [-0.3, -0.25) is 23.7 Å². The molecule has 0 bridgehead atoms. The molecule has 3 atom stereocenters. The molecule has 0 spiro atoms. The number of carbonyl (C=O) groups is 3. The first-order valence-corrected chi connectivity index (χ1v) is 15.4. The summed E-state index contributed by atoms with van der Waals surface area (Å²) in [5, 5.41) is 0.270. The monoisotopic (exact) mass is 613 g/mol. The Bertz CT molecular complexity index is 1580. The summed E-state index contributed by atoms with van der Waals surface area (Å²) < 4.78 is 12.4. The average Bonchev–Trinajstić information content (AvgIpc) is 3.43. The van der Waals surface area contributed by atoms with Crippen LogP contribution >= 0.6 is 34.7 Å². The van der Waals surface area contributed by atoms with Crippen molar-refractivity contribution >= 4 is 58.1 Å². The third-order valence-electron chi connectivity index (χ3n) is 7.90. The highest BCUT2D eigenvalue weighted by atomic mass is 35.5. The summed E-state index contributed by atoms with van der Waals surface area (Å²) in [6, 6.07) is 11.9. The van der Waals surface area contributed by atoms with Crippen molar-refractivity contribution in [2.75, 3.05) is 32.2 Å². The molecule has 0 aliphatic carbocycles. The molecule has 12 heteroatoms. The van der Waals surface area contributed by atoms with Crippen LogP contribution in [0.25, 0.3) is 0 Å². The number of aromatic nitrogens is 1. The number of amides is 3. The second-order valence-electron chi connectivity index (χ2n) is 10.2. The fourth-order valence-electron chi connectivity index (χ4n) is 5.88. The Morgan fingerprint density at radius 1 is 0.951 bits per heavy atom. The lowest BCUT2D eigenvalue weighted by Crippen LogP contribution is -2.39. The Kier molecular flexibility index (Phi) is 7.60. The number of ether oxygens (including phenoxy) is 2. The minimum atomic E-state index is -0.783. The molecule has 2 saturated heterocycles. The van der Waals surface area contributed by atoms with Crippen LogP contribution < -0.4 is 19.2 Å². The molecule has 3 aromatic rings. The minimum absolute atomic E-state index is 0.100. The van der Waals surface area contributed by atoms with Gasteiger partial charge in [0, 0.05) is 28.9 Å². The highest BCUT2D eigenvalue weighted by Crippen LogP contribution is 2.54. The lowest BCUT2D eigenvalue weighted by Gasteiger charge is -2.31. The molecule has 3 aliphatic heterocycles. The van der Waals surface area contributed by atoms with Crippen molar-refractivity contribution in [1.82, 2.24) is 9.47 Å². The normalized spacial score (nSPS) is 22.0. The summed E-state index contributed by atoms with van der Waals surface area (Å²) in [7, 11) is 3.07. The van der Waals surface area contributed by atoms with E-state index in [0.717, 1.165) is 30.6 Å². The number of halogens is 1. The molecule has 2 fully saturated rings. The highest BCUT2D eigenvalue weighted by Gasteiger charge is 2.57. The zero-order valence-corrected chi connectivity index (χ0v) is 24.9. The van der Waals surface area contributed by atoms with Gasteiger partial charge >= 0.3 is 4.87 Å². The van der Waals surface area contributed by atoms with E-state index in [4.69, 9.17) is 21.1 Å². The first-order chi connectivity index (χ1) is 19.8. The maximum Gasteiger partial charge on any atom is 0.308 e. The number of thioether (sulfide) groups is 1. The third-order valence-corrected chi connectivity index (χ3v) is 10.8. The maximum absolute atomic E-state index is 14.0. The summed E-state index contributed by atoms with van der Waals surface area (Å²) in [6.45, 7) is 1.25. The first-order valence-electron chi connectivity index (χ1n) is 13.4. The lowest BCUT2D eigenvalue weighted by atomic mass is 9.83. The number of piperidine rings is 1. The van der Waals surface area contributed by atoms with Crippen molar-refractivity contribution in [1.29, 1.82) is 0 Å². The molecule has 214 valence electrons. The van der Waals surface area contributed by atoms with Crippen LogP contribution in [0.2, 0.25) is 5.02 Å². The lowest BCUT2D eigenvalue weighted by molar-refractivity contribution is -0.133. The fourth-order valence-corrected chi connectivity index (χ4v) is 8.78. The standard InChI is InChI=1S/C29H28ClN3O6S2/c1-38-19-11-6-16(14-20(19)39-2)22-23-24(27(36)33(26(23)35)18-9-7-17(30)8-10-18)40-28-25(22)41-29(37)32(28)15-21(34)31-12-4-3-5-13-31/h6-11,14,22-24H,3-5,12-13,15H2,1-2H3/t22-,23-,24+/m0/s1. The van der Waals surface area contributed by atoms with Crippen LogP contribution in [0.4, 0.5) is 5.69 Å². The molecule has 3 aliphatic rings. The van der Waals surface area contributed by atoms with Gasteiger partial charge < -0.3 is 14.4 Å². The molecule has 0 saturated carbocycles. The van der Waals surface area contributed by atoms with Gasteiger partial charge in [0.1, 0.15) is 11.8 Å². The van der Waals surface area contributed by atoms with Gasteiger partial charge in [0.25, 0.3) is 0 Å². The Morgan fingerprint density at radius 2 is 1.66 bits per heavy atom. The Balaban J connectivity index is 1.46. The van der Waals surface area contributed by atoms with Crippen molar-refractivity contribution in [2.45, 2.75) is 42.0 Å². The van der Waals surface area contributed by atoms with Crippen molar-refractivity contribution < 1.29 is 23.9 Å². The molecule has 4 heterocycles. The summed E-state index contributed by atoms with van der Waals surface area (Å²) in [6.07, 6.45) is 2.97. The molecule has 0 radical (unpaired) electrons. The van der Waals surface area contributed by atoms with Crippen molar-refractivity contribution in [3.63, 3.8) is 0 Å². The number of fused-ring (bicyclic) bond motifs is 2. The van der Waals surface area contributed by atoms with E-state index in [1.165, 1.54) is 35.4 Å². The SMILES string of the molecule is COc1ccc([C@@H]2c3sc(=O)n(CC(=O)N4CCCCC4)c3S[C@H]3C(=O)N(c4ccc(Cl)cc4)C(=O)[C@@H]23)cc1OC. The van der Waals surface area contributed by atoms with Gasteiger partial charge in [-0.25, -0.2) is 4.90 Å². The summed E-state index contributed by atoms with van der Waals surface area (Å²) in [5.41, 5.74) is 1.15. The van der Waals surface area contributed by atoms with Crippen LogP contribution in [0.15, 0.2) is 52.3 Å². The van der Waals surface area contributed by atoms with Gasteiger partial charge in [0.05, 0.1) is 30.9 Å². The quantitative estimate of drug-likeness (QED) is 0.380. The van der Waals surface area contributed by atoms with Gasteiger partial charge in [-0.1, -0.05) is 40.8 Å². The smallest absolute Gasteiger partial charge is 0.308 e. The van der Waals surface area contributed by atoms with Crippen LogP contribution in [0, 0.1) is 5.92 Å². The number of hydrogen-bond donors (Lipinski definition) is 0. The zero-order chi connectivity index (χ0) is 28.8. The molecule has 2 aromatic carbocycles. The molecule has 41 heavy (non-hydrogen) atoms. The van der Waals surface area contributed by atoms with Crippen molar-refractivity contribution in [3.8, 4) is 11.5 Å². The van der Waals surface area contributed by atoms with E-state index >= 15 is 0 Å². The predicted octanol–water partition coefficient (Wildman–Crippen LogP) is 4.39. The van der Waals surface area contributed by atoms with E-state index in [0.29, 0.717) is 50.8 Å². The van der Waals surface area contributed by atoms with Crippen molar-refractivity contribution in [3.05, 3.63) is 67.6 Å². The van der Waals surface area contributed by atoms with E-state index in [1.807, 2.05) is 6.07 Å². The van der Waals surface area contributed by atoms with Crippen LogP contribution in [0.1, 0.15) is 35.6 Å². The molecule has 9 nitrogen and oxygen atoms in total. The van der Waals surface area contributed by atoms with Gasteiger partial charge in [-0.2, -0.15) is 0 Å².